The molecule has 33 heavy (non-hydrogen) atoms. The first-order valence-corrected chi connectivity index (χ1v) is 11.2. The monoisotopic (exact) mass is 472 g/mol. The Morgan fingerprint density at radius 3 is 2.55 bits per heavy atom. The van der Waals surface area contributed by atoms with E-state index >= 15 is 0 Å². The molecule has 0 unspecified atom stereocenters. The number of nitrogens with one attached hydrogen (secondary N) is 1. The minimum atomic E-state index is -0.761. The number of halogens is 1. The average Bonchev–Trinajstić information content (AvgIpc) is 2.80. The molecular formula is C23H25FN4O4S. The van der Waals surface area contributed by atoms with Gasteiger partial charge in [0.1, 0.15) is 11.6 Å². The molecule has 0 spiro atoms. The van der Waals surface area contributed by atoms with Gasteiger partial charge in [-0.2, -0.15) is 0 Å². The summed E-state index contributed by atoms with van der Waals surface area (Å²) in [6.07, 6.45) is 0.434. The number of H-pyrrole nitrogens is 1. The molecule has 8 nitrogen and oxygen atoms in total. The zero-order valence-electron chi connectivity index (χ0n) is 18.1. The van der Waals surface area contributed by atoms with Gasteiger partial charge in [-0.1, -0.05) is 42.5 Å². The number of aromatic amines is 1. The fourth-order valence-corrected chi connectivity index (χ4v) is 4.08. The van der Waals surface area contributed by atoms with Crippen LogP contribution in [0.15, 0.2) is 69.1 Å². The molecule has 0 radical (unpaired) electrons. The molecule has 0 fully saturated rings. The van der Waals surface area contributed by atoms with Crippen LogP contribution in [0.3, 0.4) is 0 Å². The van der Waals surface area contributed by atoms with E-state index in [2.05, 4.69) is 4.98 Å². The van der Waals surface area contributed by atoms with Crippen molar-refractivity contribution < 1.29 is 13.9 Å². The van der Waals surface area contributed by atoms with Crippen molar-refractivity contribution in [3.8, 4) is 0 Å². The molecular weight excluding hydrogens is 447 g/mol. The third-order valence-electron chi connectivity index (χ3n) is 4.89. The van der Waals surface area contributed by atoms with E-state index in [-0.39, 0.29) is 30.3 Å². The lowest BCUT2D eigenvalue weighted by Crippen LogP contribution is -2.42. The second-order valence-electron chi connectivity index (χ2n) is 7.18. The van der Waals surface area contributed by atoms with Gasteiger partial charge >= 0.3 is 5.69 Å². The van der Waals surface area contributed by atoms with Crippen LogP contribution in [-0.4, -0.2) is 41.5 Å². The van der Waals surface area contributed by atoms with Crippen molar-refractivity contribution in [3.05, 3.63) is 86.8 Å². The van der Waals surface area contributed by atoms with Crippen LogP contribution in [0.4, 0.5) is 15.9 Å². The Balaban J connectivity index is 1.94. The van der Waals surface area contributed by atoms with E-state index in [1.165, 1.54) is 22.6 Å². The lowest BCUT2D eigenvalue weighted by Gasteiger charge is -2.24. The lowest BCUT2D eigenvalue weighted by atomic mass is 10.2. The Bertz CT molecular complexity index is 1210. The van der Waals surface area contributed by atoms with E-state index in [1.807, 2.05) is 30.3 Å². The van der Waals surface area contributed by atoms with Crippen molar-refractivity contribution in [2.45, 2.75) is 17.9 Å². The van der Waals surface area contributed by atoms with E-state index in [9.17, 15) is 18.8 Å². The molecule has 1 heterocycles. The van der Waals surface area contributed by atoms with Gasteiger partial charge in [-0.05, 0) is 24.1 Å². The first-order chi connectivity index (χ1) is 15.9. The molecule has 10 heteroatoms. The van der Waals surface area contributed by atoms with Crippen molar-refractivity contribution >= 4 is 29.2 Å². The van der Waals surface area contributed by atoms with Crippen LogP contribution < -0.4 is 21.9 Å². The van der Waals surface area contributed by atoms with Gasteiger partial charge in [-0.3, -0.25) is 19.1 Å². The molecule has 3 N–H and O–H groups in total. The summed E-state index contributed by atoms with van der Waals surface area (Å²) in [5.41, 5.74) is 5.52. The van der Waals surface area contributed by atoms with Crippen LogP contribution in [0, 0.1) is 5.82 Å². The van der Waals surface area contributed by atoms with Gasteiger partial charge in [0, 0.05) is 25.2 Å². The van der Waals surface area contributed by atoms with Crippen molar-refractivity contribution in [1.29, 1.82) is 0 Å². The first-order valence-electron chi connectivity index (χ1n) is 10.3. The zero-order valence-corrected chi connectivity index (χ0v) is 18.9. The van der Waals surface area contributed by atoms with Crippen molar-refractivity contribution in [3.63, 3.8) is 0 Å². The smallest absolute Gasteiger partial charge is 0.330 e. The van der Waals surface area contributed by atoms with Gasteiger partial charge in [-0.25, -0.2) is 9.18 Å². The highest BCUT2D eigenvalue weighted by Gasteiger charge is 2.24. The average molecular weight is 473 g/mol. The third-order valence-corrected chi connectivity index (χ3v) is 5.92. The summed E-state index contributed by atoms with van der Waals surface area (Å²) in [6.45, 7) is 0.617. The molecule has 174 valence electrons. The van der Waals surface area contributed by atoms with Crippen LogP contribution in [0.1, 0.15) is 12.0 Å². The Labute approximate surface area is 194 Å². The molecule has 1 amide bonds. The molecule has 0 aliphatic carbocycles. The number of nitrogens with two attached hydrogens (primary N) is 1. The predicted molar refractivity (Wildman–Crippen MR) is 127 cm³/mol. The fourth-order valence-electron chi connectivity index (χ4n) is 3.27. The minimum absolute atomic E-state index is 0.110. The third kappa shape index (κ3) is 6.11. The molecule has 0 bridgehead atoms. The second kappa shape index (κ2) is 11.5. The molecule has 0 atom stereocenters. The fraction of sp³-hybridized carbons (Fsp3) is 0.261. The summed E-state index contributed by atoms with van der Waals surface area (Å²) in [5.74, 6) is -1.12. The number of hydrogen-bond donors (Lipinski definition) is 2. The number of nitrogen functional groups attached to an aromatic ring is 1. The highest BCUT2D eigenvalue weighted by atomic mass is 32.2. The maximum Gasteiger partial charge on any atom is 0.330 e. The summed E-state index contributed by atoms with van der Waals surface area (Å²) >= 11 is 1.02. The number of amides is 1. The lowest BCUT2D eigenvalue weighted by molar-refractivity contribution is -0.116. The highest BCUT2D eigenvalue weighted by Crippen LogP contribution is 2.24. The van der Waals surface area contributed by atoms with Gasteiger partial charge in [0.15, 0.2) is 5.69 Å². The van der Waals surface area contributed by atoms with Crippen LogP contribution in [0.2, 0.25) is 0 Å². The van der Waals surface area contributed by atoms with E-state index in [0.717, 1.165) is 17.3 Å². The molecule has 2 aromatic carbocycles. The summed E-state index contributed by atoms with van der Waals surface area (Å²) in [7, 11) is 1.53. The number of methoxy groups -OCH3 is 1. The number of carbonyl (C=O) groups is 1. The van der Waals surface area contributed by atoms with Crippen LogP contribution in [-0.2, 0) is 16.1 Å². The number of rotatable bonds is 10. The van der Waals surface area contributed by atoms with E-state index in [0.29, 0.717) is 17.9 Å². The van der Waals surface area contributed by atoms with Crippen LogP contribution >= 0.6 is 11.8 Å². The number of anilines is 2. The van der Waals surface area contributed by atoms with Gasteiger partial charge in [-0.15, -0.1) is 11.8 Å². The summed E-state index contributed by atoms with van der Waals surface area (Å²) < 4.78 is 20.3. The SMILES string of the molecule is COCCCN(C(=O)CSc1ccccc1F)c1c(N)n(Cc2ccccc2)c(=O)[nH]c1=O. The molecule has 0 saturated carbocycles. The Morgan fingerprint density at radius 1 is 1.15 bits per heavy atom. The molecule has 1 aromatic heterocycles. The van der Waals surface area contributed by atoms with Crippen LogP contribution in [0.25, 0.3) is 0 Å². The standard InChI is InChI=1S/C23H25FN4O4S/c1-32-13-7-12-27(19(29)15-33-18-11-6-5-10-17(18)24)20-21(25)28(23(31)26-22(20)30)14-16-8-3-2-4-9-16/h2-6,8-11H,7,12-15,25H2,1H3,(H,26,30,31). The largest absolute Gasteiger partial charge is 0.385 e. The summed E-state index contributed by atoms with van der Waals surface area (Å²) in [6, 6.07) is 15.3. The highest BCUT2D eigenvalue weighted by molar-refractivity contribution is 8.00. The van der Waals surface area contributed by atoms with Crippen molar-refractivity contribution in [2.75, 3.05) is 36.6 Å². The molecule has 0 aliphatic heterocycles. The number of nitrogens with zero attached hydrogens (tertiary/aromatic N) is 2. The number of thioether (sulfide) groups is 1. The topological polar surface area (TPSA) is 110 Å². The molecule has 0 aliphatic rings. The van der Waals surface area contributed by atoms with E-state index < -0.39 is 23.0 Å². The minimum Gasteiger partial charge on any atom is -0.385 e. The molecule has 0 saturated heterocycles. The Morgan fingerprint density at radius 2 is 1.85 bits per heavy atom. The number of carbonyl (C=O) groups excluding carboxylic acids is 1. The van der Waals surface area contributed by atoms with E-state index in [1.54, 1.807) is 18.2 Å². The maximum atomic E-state index is 14.0. The quantitative estimate of drug-likeness (QED) is 0.347. The predicted octanol–water partition coefficient (Wildman–Crippen LogP) is 2.47. The number of hydrogen-bond acceptors (Lipinski definition) is 6. The summed E-state index contributed by atoms with van der Waals surface area (Å²) in [4.78, 5) is 42.1. The first kappa shape index (κ1) is 24.3. The van der Waals surface area contributed by atoms with Crippen LogP contribution in [0.5, 0.6) is 0 Å². The van der Waals surface area contributed by atoms with Gasteiger partial charge < -0.3 is 15.4 Å². The zero-order chi connectivity index (χ0) is 23.8. The maximum absolute atomic E-state index is 14.0. The number of ether oxygens (including phenoxy) is 1. The molecule has 3 aromatic rings. The second-order valence-corrected chi connectivity index (χ2v) is 8.19. The van der Waals surface area contributed by atoms with E-state index in [4.69, 9.17) is 10.5 Å². The number of aromatic nitrogens is 2. The van der Waals surface area contributed by atoms with Gasteiger partial charge in [0.05, 0.1) is 12.3 Å². The summed E-state index contributed by atoms with van der Waals surface area (Å²) in [5, 5.41) is 0. The molecule has 3 rings (SSSR count). The van der Waals surface area contributed by atoms with Gasteiger partial charge in [0.25, 0.3) is 5.56 Å². The number of benzene rings is 2. The normalized spacial score (nSPS) is 10.8. The van der Waals surface area contributed by atoms with Gasteiger partial charge in [0.2, 0.25) is 5.91 Å². The Kier molecular flexibility index (Phi) is 8.45. The Hall–Kier alpha value is -3.37. The van der Waals surface area contributed by atoms with Crippen molar-refractivity contribution in [1.82, 2.24) is 9.55 Å². The van der Waals surface area contributed by atoms with Crippen molar-refractivity contribution in [2.24, 2.45) is 0 Å².